The number of aromatic hydroxyl groups is 2. The van der Waals surface area contributed by atoms with Crippen molar-refractivity contribution in [1.82, 2.24) is 9.88 Å². The Balaban J connectivity index is 1.94. The Kier molecular flexibility index (Phi) is 2.60. The molecule has 2 aromatic rings. The number of phenolic OH excluding ortho intramolecular Hbond substituents is 2. The second-order valence-electron chi connectivity index (χ2n) is 6.43. The summed E-state index contributed by atoms with van der Waals surface area (Å²) in [6.07, 6.45) is 1.98. The van der Waals surface area contributed by atoms with Gasteiger partial charge < -0.3 is 15.2 Å². The minimum Gasteiger partial charge on any atom is -0.504 e. The van der Waals surface area contributed by atoms with Crippen molar-refractivity contribution in [1.29, 1.82) is 0 Å². The van der Waals surface area contributed by atoms with Gasteiger partial charge in [0.15, 0.2) is 11.5 Å². The van der Waals surface area contributed by atoms with Crippen LogP contribution in [0, 0.1) is 0 Å². The van der Waals surface area contributed by atoms with Crippen LogP contribution in [0.5, 0.6) is 11.5 Å². The smallest absolute Gasteiger partial charge is 0.159 e. The summed E-state index contributed by atoms with van der Waals surface area (Å²) in [5, 5.41) is 20.5. The molecule has 1 aromatic carbocycles. The third-order valence-corrected chi connectivity index (χ3v) is 5.15. The molecule has 1 aromatic heterocycles. The molecule has 3 unspecified atom stereocenters. The number of nitrogens with one attached hydrogen (secondary N) is 1. The molecule has 2 aliphatic heterocycles. The van der Waals surface area contributed by atoms with Gasteiger partial charge in [-0.15, -0.1) is 0 Å². The van der Waals surface area contributed by atoms with Crippen molar-refractivity contribution >= 4 is 10.9 Å². The van der Waals surface area contributed by atoms with Gasteiger partial charge in [-0.2, -0.15) is 0 Å². The van der Waals surface area contributed by atoms with Crippen LogP contribution < -0.4 is 0 Å². The second kappa shape index (κ2) is 4.28. The van der Waals surface area contributed by atoms with Gasteiger partial charge >= 0.3 is 0 Å². The molecule has 4 heteroatoms. The minimum atomic E-state index is -0.0679. The van der Waals surface area contributed by atoms with Crippen molar-refractivity contribution in [2.45, 2.75) is 31.7 Å². The highest BCUT2D eigenvalue weighted by molar-refractivity contribution is 5.88. The van der Waals surface area contributed by atoms with E-state index in [9.17, 15) is 10.2 Å². The molecule has 0 saturated carbocycles. The van der Waals surface area contributed by atoms with Crippen molar-refractivity contribution in [2.24, 2.45) is 0 Å². The maximum Gasteiger partial charge on any atom is 0.159 e. The van der Waals surface area contributed by atoms with E-state index in [0.717, 1.165) is 36.8 Å². The topological polar surface area (TPSA) is 59.5 Å². The molecular formula is C17H20N2O2. The number of H-pyrrole nitrogens is 1. The van der Waals surface area contributed by atoms with Gasteiger partial charge in [0.25, 0.3) is 0 Å². The Hall–Kier alpha value is -1.94. The zero-order chi connectivity index (χ0) is 14.7. The number of piperidine rings is 1. The van der Waals surface area contributed by atoms with E-state index in [1.807, 2.05) is 0 Å². The number of benzene rings is 1. The molecule has 3 atom stereocenters. The molecular weight excluding hydrogens is 264 g/mol. The van der Waals surface area contributed by atoms with Crippen LogP contribution in [-0.4, -0.2) is 39.2 Å². The summed E-state index contributed by atoms with van der Waals surface area (Å²) in [6.45, 7) is 8.48. The lowest BCUT2D eigenvalue weighted by atomic mass is 9.85. The Bertz CT molecular complexity index is 747. The van der Waals surface area contributed by atoms with E-state index in [4.69, 9.17) is 0 Å². The van der Waals surface area contributed by atoms with Gasteiger partial charge in [0, 0.05) is 47.7 Å². The molecule has 0 radical (unpaired) electrons. The summed E-state index contributed by atoms with van der Waals surface area (Å²) >= 11 is 0. The molecule has 4 rings (SSSR count). The Morgan fingerprint density at radius 2 is 2.05 bits per heavy atom. The van der Waals surface area contributed by atoms with Crippen LogP contribution in [0.3, 0.4) is 0 Å². The quantitative estimate of drug-likeness (QED) is 0.515. The summed E-state index contributed by atoms with van der Waals surface area (Å²) in [4.78, 5) is 5.99. The van der Waals surface area contributed by atoms with E-state index >= 15 is 0 Å². The van der Waals surface area contributed by atoms with Crippen molar-refractivity contribution < 1.29 is 10.2 Å². The number of hydrogen-bond donors (Lipinski definition) is 3. The summed E-state index contributed by atoms with van der Waals surface area (Å²) < 4.78 is 0. The SMILES string of the molecule is C=C1CC2c3[nH]c4cc(O)c(O)cc4c3CCN(C1)C2C. The summed E-state index contributed by atoms with van der Waals surface area (Å²) in [5.74, 6) is 0.302. The fraction of sp³-hybridized carbons (Fsp3) is 0.412. The fourth-order valence-corrected chi connectivity index (χ4v) is 3.99. The molecule has 21 heavy (non-hydrogen) atoms. The summed E-state index contributed by atoms with van der Waals surface area (Å²) in [6, 6.07) is 3.80. The number of aromatic amines is 1. The van der Waals surface area contributed by atoms with E-state index in [1.54, 1.807) is 12.1 Å². The molecule has 3 N–H and O–H groups in total. The number of phenols is 2. The van der Waals surface area contributed by atoms with Gasteiger partial charge in [-0.3, -0.25) is 4.90 Å². The first-order valence-electron chi connectivity index (χ1n) is 7.51. The van der Waals surface area contributed by atoms with Gasteiger partial charge in [-0.05, 0) is 31.4 Å². The van der Waals surface area contributed by atoms with Gasteiger partial charge in [0.2, 0.25) is 0 Å². The predicted molar refractivity (Wildman–Crippen MR) is 82.9 cm³/mol. The molecule has 110 valence electrons. The van der Waals surface area contributed by atoms with E-state index in [0.29, 0.717) is 12.0 Å². The van der Waals surface area contributed by atoms with Gasteiger partial charge in [-0.25, -0.2) is 0 Å². The van der Waals surface area contributed by atoms with Crippen molar-refractivity contribution in [3.05, 3.63) is 35.5 Å². The van der Waals surface area contributed by atoms with Gasteiger partial charge in [0.05, 0.1) is 0 Å². The zero-order valence-electron chi connectivity index (χ0n) is 12.2. The highest BCUT2D eigenvalue weighted by Crippen LogP contribution is 2.42. The van der Waals surface area contributed by atoms with Crippen molar-refractivity contribution in [2.75, 3.05) is 13.1 Å². The predicted octanol–water partition coefficient (Wildman–Crippen LogP) is 2.87. The van der Waals surface area contributed by atoms with Crippen molar-refractivity contribution in [3.8, 4) is 11.5 Å². The molecule has 0 amide bonds. The monoisotopic (exact) mass is 284 g/mol. The number of hydrogen-bond acceptors (Lipinski definition) is 3. The number of aromatic nitrogens is 1. The van der Waals surface area contributed by atoms with E-state index < -0.39 is 0 Å². The molecule has 2 aliphatic rings. The van der Waals surface area contributed by atoms with Crippen LogP contribution in [0.25, 0.3) is 10.9 Å². The second-order valence-corrected chi connectivity index (χ2v) is 6.43. The Labute approximate surface area is 123 Å². The summed E-state index contributed by atoms with van der Waals surface area (Å²) in [5.41, 5.74) is 4.74. The molecule has 0 spiro atoms. The first-order chi connectivity index (χ1) is 10.0. The Morgan fingerprint density at radius 3 is 2.86 bits per heavy atom. The average Bonchev–Trinajstić information content (AvgIpc) is 2.74. The molecule has 4 nitrogen and oxygen atoms in total. The third kappa shape index (κ3) is 1.79. The first kappa shape index (κ1) is 12.8. The van der Waals surface area contributed by atoms with Crippen LogP contribution >= 0.6 is 0 Å². The standard InChI is InChI=1S/C17H20N2O2/c1-9-5-12-10(2)19(8-9)4-3-11-13-6-15(20)16(21)7-14(13)18-17(11)12/h6-7,10,12,18,20-21H,1,3-5,8H2,2H3. The van der Waals surface area contributed by atoms with Crippen LogP contribution in [-0.2, 0) is 6.42 Å². The normalized spacial score (nSPS) is 28.4. The average molecular weight is 284 g/mol. The van der Waals surface area contributed by atoms with Crippen LogP contribution in [0.4, 0.5) is 0 Å². The largest absolute Gasteiger partial charge is 0.504 e. The number of rotatable bonds is 0. The first-order valence-corrected chi connectivity index (χ1v) is 7.51. The number of nitrogens with zero attached hydrogens (tertiary/aromatic N) is 1. The number of fused-ring (bicyclic) bond motifs is 6. The van der Waals surface area contributed by atoms with E-state index in [1.165, 1.54) is 16.8 Å². The maximum absolute atomic E-state index is 9.80. The van der Waals surface area contributed by atoms with E-state index in [-0.39, 0.29) is 11.5 Å². The molecule has 0 aliphatic carbocycles. The van der Waals surface area contributed by atoms with Crippen LogP contribution in [0.2, 0.25) is 0 Å². The van der Waals surface area contributed by atoms with Gasteiger partial charge in [-0.1, -0.05) is 12.2 Å². The fourth-order valence-electron chi connectivity index (χ4n) is 3.99. The van der Waals surface area contributed by atoms with Crippen LogP contribution in [0.1, 0.15) is 30.5 Å². The lowest BCUT2D eigenvalue weighted by Gasteiger charge is -2.38. The Morgan fingerprint density at radius 1 is 1.29 bits per heavy atom. The lowest BCUT2D eigenvalue weighted by molar-refractivity contribution is 0.179. The third-order valence-electron chi connectivity index (χ3n) is 5.15. The summed E-state index contributed by atoms with van der Waals surface area (Å²) in [7, 11) is 0. The minimum absolute atomic E-state index is 0.0470. The van der Waals surface area contributed by atoms with Gasteiger partial charge in [0.1, 0.15) is 0 Å². The zero-order valence-corrected chi connectivity index (χ0v) is 12.2. The molecule has 1 fully saturated rings. The molecule has 1 saturated heterocycles. The van der Waals surface area contributed by atoms with Crippen LogP contribution in [0.15, 0.2) is 24.3 Å². The lowest BCUT2D eigenvalue weighted by Crippen LogP contribution is -2.42. The highest BCUT2D eigenvalue weighted by Gasteiger charge is 2.36. The highest BCUT2D eigenvalue weighted by atomic mass is 16.3. The molecule has 3 heterocycles. The maximum atomic E-state index is 9.80. The molecule has 2 bridgehead atoms. The van der Waals surface area contributed by atoms with E-state index in [2.05, 4.69) is 23.4 Å². The van der Waals surface area contributed by atoms with Crippen molar-refractivity contribution in [3.63, 3.8) is 0 Å².